The number of aliphatic hydroxyl groups excluding tert-OH is 1. The van der Waals surface area contributed by atoms with Gasteiger partial charge in [-0.1, -0.05) is 30.3 Å². The first-order chi connectivity index (χ1) is 16.9. The summed E-state index contributed by atoms with van der Waals surface area (Å²) in [5.41, 5.74) is 4.02. The van der Waals surface area contributed by atoms with Crippen molar-refractivity contribution in [1.82, 2.24) is 18.8 Å². The molecule has 0 spiro atoms. The van der Waals surface area contributed by atoms with E-state index < -0.39 is 10.0 Å². The summed E-state index contributed by atoms with van der Waals surface area (Å²) < 4.78 is 29.2. The predicted molar refractivity (Wildman–Crippen MR) is 134 cm³/mol. The molecule has 1 aromatic carbocycles. The fraction of sp³-hybridized carbons (Fsp3) is 0.462. The molecule has 0 bridgehead atoms. The highest BCUT2D eigenvalue weighted by Gasteiger charge is 2.31. The van der Waals surface area contributed by atoms with Gasteiger partial charge in [0, 0.05) is 44.9 Å². The van der Waals surface area contributed by atoms with E-state index in [1.165, 1.54) is 0 Å². The highest BCUT2D eigenvalue weighted by Crippen LogP contribution is 2.32. The second-order valence-corrected chi connectivity index (χ2v) is 11.7. The zero-order valence-corrected chi connectivity index (χ0v) is 20.8. The lowest BCUT2D eigenvalue weighted by atomic mass is 9.90. The molecule has 35 heavy (non-hydrogen) atoms. The lowest BCUT2D eigenvalue weighted by Crippen LogP contribution is -2.38. The Bertz CT molecular complexity index is 1310. The van der Waals surface area contributed by atoms with Gasteiger partial charge in [0.15, 0.2) is 0 Å². The summed E-state index contributed by atoms with van der Waals surface area (Å²) in [7, 11) is -3.36. The number of pyridine rings is 1. The van der Waals surface area contributed by atoms with Crippen molar-refractivity contribution in [2.45, 2.75) is 37.9 Å². The van der Waals surface area contributed by atoms with Crippen LogP contribution in [0.25, 0.3) is 5.52 Å². The van der Waals surface area contributed by atoms with Crippen LogP contribution >= 0.6 is 0 Å². The van der Waals surface area contributed by atoms with Gasteiger partial charge in [-0.05, 0) is 55.4 Å². The minimum atomic E-state index is -3.36. The molecule has 1 N–H and O–H groups in total. The Hall–Kier alpha value is -2.75. The Morgan fingerprint density at radius 1 is 1.09 bits per heavy atom. The lowest BCUT2D eigenvalue weighted by Gasteiger charge is -2.31. The third-order valence-corrected chi connectivity index (χ3v) is 9.24. The van der Waals surface area contributed by atoms with E-state index in [1.54, 1.807) is 8.82 Å². The molecule has 1 atom stereocenters. The molecule has 0 aliphatic carbocycles. The molecule has 8 nitrogen and oxygen atoms in total. The van der Waals surface area contributed by atoms with Crippen LogP contribution in [0, 0.1) is 12.8 Å². The van der Waals surface area contributed by atoms with Crippen molar-refractivity contribution < 1.29 is 18.3 Å². The number of rotatable bonds is 6. The first-order valence-electron chi connectivity index (χ1n) is 12.3. The van der Waals surface area contributed by atoms with E-state index in [1.807, 2.05) is 60.5 Å². The molecule has 1 amide bonds. The second kappa shape index (κ2) is 9.72. The van der Waals surface area contributed by atoms with Crippen molar-refractivity contribution in [3.05, 3.63) is 71.0 Å². The Kier molecular flexibility index (Phi) is 6.65. The summed E-state index contributed by atoms with van der Waals surface area (Å²) in [5.74, 6) is 0.359. The van der Waals surface area contributed by atoms with Crippen molar-refractivity contribution in [3.63, 3.8) is 0 Å². The number of carbonyl (C=O) groups is 1. The van der Waals surface area contributed by atoms with Crippen molar-refractivity contribution in [1.29, 1.82) is 0 Å². The summed E-state index contributed by atoms with van der Waals surface area (Å²) in [6.45, 7) is 4.16. The number of hydrogen-bond donors (Lipinski definition) is 1. The summed E-state index contributed by atoms with van der Waals surface area (Å²) in [6.07, 6.45) is 4.20. The Morgan fingerprint density at radius 2 is 1.83 bits per heavy atom. The number of aliphatic hydroxyl groups is 1. The molecule has 1 unspecified atom stereocenters. The average Bonchev–Trinajstić information content (AvgIpc) is 3.47. The van der Waals surface area contributed by atoms with E-state index in [0.717, 1.165) is 35.9 Å². The van der Waals surface area contributed by atoms with E-state index in [2.05, 4.69) is 5.10 Å². The molecule has 186 valence electrons. The van der Waals surface area contributed by atoms with E-state index in [4.69, 9.17) is 0 Å². The van der Waals surface area contributed by atoms with Crippen LogP contribution in [0.15, 0.2) is 48.7 Å². The monoisotopic (exact) mass is 496 g/mol. The summed E-state index contributed by atoms with van der Waals surface area (Å²) in [4.78, 5) is 15.1. The van der Waals surface area contributed by atoms with Crippen LogP contribution in [-0.2, 0) is 15.8 Å². The van der Waals surface area contributed by atoms with Crippen molar-refractivity contribution in [3.8, 4) is 0 Å². The third kappa shape index (κ3) is 4.85. The molecule has 4 heterocycles. The second-order valence-electron chi connectivity index (χ2n) is 9.75. The largest absolute Gasteiger partial charge is 0.396 e. The number of sulfonamides is 1. The Balaban J connectivity index is 1.31. The molecule has 9 heteroatoms. The standard InChI is InChI=1S/C26H32N4O4S/c1-19-25(26(32)28-11-7-21(16-28)17-31)24-15-23(10-14-30(24)27-19)22-8-12-29(13-9-22)35(33,34)18-20-5-3-2-4-6-20/h2-6,10,14-15,21-22,31H,7-9,11-13,16-18H2,1H3. The minimum Gasteiger partial charge on any atom is -0.396 e. The van der Waals surface area contributed by atoms with Crippen molar-refractivity contribution in [2.24, 2.45) is 5.92 Å². The fourth-order valence-electron chi connectivity index (χ4n) is 5.37. The van der Waals surface area contributed by atoms with Gasteiger partial charge in [-0.25, -0.2) is 17.2 Å². The minimum absolute atomic E-state index is 0.0265. The number of likely N-dealkylation sites (tertiary alicyclic amines) is 1. The summed E-state index contributed by atoms with van der Waals surface area (Å²) in [6, 6.07) is 13.4. The van der Waals surface area contributed by atoms with Gasteiger partial charge in [0.05, 0.1) is 22.5 Å². The third-order valence-electron chi connectivity index (χ3n) is 7.39. The van der Waals surface area contributed by atoms with Crippen LogP contribution in [0.5, 0.6) is 0 Å². The molecule has 2 aliphatic heterocycles. The zero-order chi connectivity index (χ0) is 24.6. The first-order valence-corrected chi connectivity index (χ1v) is 13.9. The molecule has 2 fully saturated rings. The lowest BCUT2D eigenvalue weighted by molar-refractivity contribution is 0.0783. The van der Waals surface area contributed by atoms with Crippen LogP contribution in [0.3, 0.4) is 0 Å². The van der Waals surface area contributed by atoms with Gasteiger partial charge >= 0.3 is 0 Å². The molecular formula is C26H32N4O4S. The maximum absolute atomic E-state index is 13.3. The van der Waals surface area contributed by atoms with Gasteiger partial charge in [-0.3, -0.25) is 4.79 Å². The van der Waals surface area contributed by atoms with Crippen LogP contribution < -0.4 is 0 Å². The molecule has 3 aromatic rings. The van der Waals surface area contributed by atoms with E-state index in [0.29, 0.717) is 37.4 Å². The van der Waals surface area contributed by atoms with E-state index >= 15 is 0 Å². The quantitative estimate of drug-likeness (QED) is 0.566. The molecule has 2 saturated heterocycles. The van der Waals surface area contributed by atoms with Gasteiger partial charge in [0.2, 0.25) is 10.0 Å². The number of benzene rings is 1. The van der Waals surface area contributed by atoms with E-state index in [-0.39, 0.29) is 30.1 Å². The number of piperidine rings is 1. The number of hydrogen-bond acceptors (Lipinski definition) is 5. The summed E-state index contributed by atoms with van der Waals surface area (Å²) >= 11 is 0. The number of amides is 1. The molecule has 2 aliphatic rings. The Labute approximate surface area is 206 Å². The van der Waals surface area contributed by atoms with Crippen LogP contribution in [0.4, 0.5) is 0 Å². The van der Waals surface area contributed by atoms with Crippen molar-refractivity contribution in [2.75, 3.05) is 32.8 Å². The molecule has 0 saturated carbocycles. The number of carbonyl (C=O) groups excluding carboxylic acids is 1. The van der Waals surface area contributed by atoms with Crippen LogP contribution in [0.1, 0.15) is 52.4 Å². The van der Waals surface area contributed by atoms with Gasteiger partial charge < -0.3 is 10.0 Å². The van der Waals surface area contributed by atoms with Crippen LogP contribution in [-0.4, -0.2) is 71.0 Å². The first kappa shape index (κ1) is 24.0. The van der Waals surface area contributed by atoms with Gasteiger partial charge in [0.25, 0.3) is 5.91 Å². The van der Waals surface area contributed by atoms with Gasteiger partial charge in [0.1, 0.15) is 0 Å². The number of nitrogens with zero attached hydrogens (tertiary/aromatic N) is 4. The highest BCUT2D eigenvalue weighted by molar-refractivity contribution is 7.88. The number of aromatic nitrogens is 2. The van der Waals surface area contributed by atoms with Gasteiger partial charge in [-0.2, -0.15) is 5.10 Å². The van der Waals surface area contributed by atoms with E-state index in [9.17, 15) is 18.3 Å². The maximum Gasteiger partial charge on any atom is 0.257 e. The molecular weight excluding hydrogens is 464 g/mol. The van der Waals surface area contributed by atoms with Gasteiger partial charge in [-0.15, -0.1) is 0 Å². The average molecular weight is 497 g/mol. The Morgan fingerprint density at radius 3 is 2.51 bits per heavy atom. The normalized spacial score (nSPS) is 20.1. The maximum atomic E-state index is 13.3. The van der Waals surface area contributed by atoms with Crippen molar-refractivity contribution >= 4 is 21.4 Å². The SMILES string of the molecule is Cc1nn2ccc(C3CCN(S(=O)(=O)Cc4ccccc4)CC3)cc2c1C(=O)N1CCC(CO)C1. The topological polar surface area (TPSA) is 95.2 Å². The zero-order valence-electron chi connectivity index (χ0n) is 20.0. The summed E-state index contributed by atoms with van der Waals surface area (Å²) in [5, 5.41) is 14.0. The molecule has 2 aromatic heterocycles. The van der Waals surface area contributed by atoms with Crippen LogP contribution in [0.2, 0.25) is 0 Å². The predicted octanol–water partition coefficient (Wildman–Crippen LogP) is 2.81. The number of aryl methyl sites for hydroxylation is 1. The number of fused-ring (bicyclic) bond motifs is 1. The smallest absolute Gasteiger partial charge is 0.257 e. The molecule has 0 radical (unpaired) electrons. The molecule has 5 rings (SSSR count). The fourth-order valence-corrected chi connectivity index (χ4v) is 6.93. The highest BCUT2D eigenvalue weighted by atomic mass is 32.2.